The second-order valence-corrected chi connectivity index (χ2v) is 8.42. The van der Waals surface area contributed by atoms with Crippen molar-refractivity contribution in [1.29, 1.82) is 0 Å². The Labute approximate surface area is 201 Å². The topological polar surface area (TPSA) is 49.9 Å². The Bertz CT molecular complexity index is 1230. The fourth-order valence-electron chi connectivity index (χ4n) is 4.38. The SMILES string of the molecule is CCOc1ccc(C2=C(N(CC)Cc3ccccc3)C(=O)N(c3ccc(C)cc3C)C2=O)cc1. The van der Waals surface area contributed by atoms with Gasteiger partial charge in [0.1, 0.15) is 11.4 Å². The standard InChI is InChI=1S/C29H30N2O3/c1-5-30(19-22-10-8-7-9-11-22)27-26(23-13-15-24(16-14-23)34-6-2)28(32)31(29(27)33)25-17-12-20(3)18-21(25)4/h7-18H,5-6,19H2,1-4H3. The van der Waals surface area contributed by atoms with Crippen molar-refractivity contribution >= 4 is 23.1 Å². The van der Waals surface area contributed by atoms with Crippen LogP contribution in [0.3, 0.4) is 0 Å². The minimum atomic E-state index is -0.303. The normalized spacial score (nSPS) is 13.6. The molecule has 34 heavy (non-hydrogen) atoms. The zero-order chi connectivity index (χ0) is 24.2. The van der Waals surface area contributed by atoms with E-state index >= 15 is 0 Å². The molecular weight excluding hydrogens is 424 g/mol. The predicted octanol–water partition coefficient (Wildman–Crippen LogP) is 5.51. The number of imide groups is 1. The minimum Gasteiger partial charge on any atom is -0.494 e. The van der Waals surface area contributed by atoms with Crippen LogP contribution in [-0.2, 0) is 16.1 Å². The third kappa shape index (κ3) is 4.46. The first kappa shape index (κ1) is 23.3. The maximum Gasteiger partial charge on any atom is 0.282 e. The van der Waals surface area contributed by atoms with Crippen LogP contribution in [0.1, 0.15) is 36.1 Å². The lowest BCUT2D eigenvalue weighted by atomic mass is 10.0. The Hall–Kier alpha value is -3.86. The van der Waals surface area contributed by atoms with Gasteiger partial charge in [-0.25, -0.2) is 4.90 Å². The summed E-state index contributed by atoms with van der Waals surface area (Å²) in [5.74, 6) is 0.134. The van der Waals surface area contributed by atoms with Gasteiger partial charge in [0.15, 0.2) is 0 Å². The van der Waals surface area contributed by atoms with Crippen molar-refractivity contribution in [3.8, 4) is 5.75 Å². The Morgan fingerprint density at radius 3 is 2.18 bits per heavy atom. The summed E-state index contributed by atoms with van der Waals surface area (Å²) in [4.78, 5) is 31.0. The summed E-state index contributed by atoms with van der Waals surface area (Å²) in [6.45, 7) is 9.54. The predicted molar refractivity (Wildman–Crippen MR) is 135 cm³/mol. The highest BCUT2D eigenvalue weighted by Crippen LogP contribution is 2.37. The average Bonchev–Trinajstić information content (AvgIpc) is 3.09. The second-order valence-electron chi connectivity index (χ2n) is 8.42. The summed E-state index contributed by atoms with van der Waals surface area (Å²) < 4.78 is 5.57. The van der Waals surface area contributed by atoms with E-state index in [2.05, 4.69) is 0 Å². The molecule has 1 aliphatic heterocycles. The molecule has 3 aromatic carbocycles. The molecule has 174 valence electrons. The minimum absolute atomic E-state index is 0.293. The van der Waals surface area contributed by atoms with Gasteiger partial charge in [0.2, 0.25) is 0 Å². The summed E-state index contributed by atoms with van der Waals surface area (Å²) >= 11 is 0. The van der Waals surface area contributed by atoms with Crippen LogP contribution in [-0.4, -0.2) is 29.9 Å². The van der Waals surface area contributed by atoms with Gasteiger partial charge in [0, 0.05) is 13.1 Å². The van der Waals surface area contributed by atoms with Gasteiger partial charge < -0.3 is 9.64 Å². The molecule has 1 heterocycles. The van der Waals surface area contributed by atoms with E-state index in [9.17, 15) is 9.59 Å². The van der Waals surface area contributed by atoms with Gasteiger partial charge in [-0.1, -0.05) is 60.2 Å². The maximum absolute atomic E-state index is 13.9. The van der Waals surface area contributed by atoms with Crippen molar-refractivity contribution in [3.63, 3.8) is 0 Å². The molecule has 5 nitrogen and oxygen atoms in total. The van der Waals surface area contributed by atoms with Crippen LogP contribution < -0.4 is 9.64 Å². The zero-order valence-electron chi connectivity index (χ0n) is 20.2. The van der Waals surface area contributed by atoms with Crippen LogP contribution in [0.2, 0.25) is 0 Å². The number of aryl methyl sites for hydroxylation is 2. The maximum atomic E-state index is 13.9. The van der Waals surface area contributed by atoms with Crippen molar-refractivity contribution in [2.45, 2.75) is 34.2 Å². The molecule has 3 aromatic rings. The molecule has 0 fully saturated rings. The van der Waals surface area contributed by atoms with Crippen LogP contribution in [0.4, 0.5) is 5.69 Å². The zero-order valence-corrected chi connectivity index (χ0v) is 20.2. The number of nitrogens with zero attached hydrogens (tertiary/aromatic N) is 2. The van der Waals surface area contributed by atoms with Crippen molar-refractivity contribution in [1.82, 2.24) is 4.90 Å². The molecule has 5 heteroatoms. The number of hydrogen-bond donors (Lipinski definition) is 0. The molecule has 4 rings (SSSR count). The molecule has 0 saturated heterocycles. The number of ether oxygens (including phenoxy) is 1. The molecule has 2 amide bonds. The smallest absolute Gasteiger partial charge is 0.282 e. The fraction of sp³-hybridized carbons (Fsp3) is 0.241. The van der Waals surface area contributed by atoms with Gasteiger partial charge in [-0.2, -0.15) is 0 Å². The molecular formula is C29H30N2O3. The van der Waals surface area contributed by atoms with Gasteiger partial charge in [-0.05, 0) is 62.6 Å². The molecule has 0 N–H and O–H groups in total. The number of likely N-dealkylation sites (N-methyl/N-ethyl adjacent to an activating group) is 1. The van der Waals surface area contributed by atoms with E-state index in [-0.39, 0.29) is 11.8 Å². The molecule has 1 aliphatic rings. The monoisotopic (exact) mass is 454 g/mol. The van der Waals surface area contributed by atoms with E-state index in [1.807, 2.05) is 105 Å². The highest BCUT2D eigenvalue weighted by Gasteiger charge is 2.42. The van der Waals surface area contributed by atoms with Crippen molar-refractivity contribution in [3.05, 3.63) is 101 Å². The summed E-state index contributed by atoms with van der Waals surface area (Å²) in [7, 11) is 0. The number of anilines is 1. The quantitative estimate of drug-likeness (QED) is 0.421. The van der Waals surface area contributed by atoms with Gasteiger partial charge in [0.05, 0.1) is 17.9 Å². The van der Waals surface area contributed by atoms with Gasteiger partial charge >= 0.3 is 0 Å². The van der Waals surface area contributed by atoms with Crippen LogP contribution in [0.15, 0.2) is 78.5 Å². The third-order valence-corrected chi connectivity index (χ3v) is 6.02. The van der Waals surface area contributed by atoms with E-state index in [1.165, 1.54) is 4.90 Å². The van der Waals surface area contributed by atoms with Crippen molar-refractivity contribution in [2.75, 3.05) is 18.1 Å². The molecule has 0 radical (unpaired) electrons. The van der Waals surface area contributed by atoms with E-state index in [1.54, 1.807) is 0 Å². The highest BCUT2D eigenvalue weighted by atomic mass is 16.5. The lowest BCUT2D eigenvalue weighted by Crippen LogP contribution is -2.35. The number of hydrogen-bond acceptors (Lipinski definition) is 4. The Balaban J connectivity index is 1.83. The van der Waals surface area contributed by atoms with Gasteiger partial charge in [-0.3, -0.25) is 9.59 Å². The average molecular weight is 455 g/mol. The number of carbonyl (C=O) groups is 2. The van der Waals surface area contributed by atoms with E-state index < -0.39 is 0 Å². The van der Waals surface area contributed by atoms with Gasteiger partial charge in [0.25, 0.3) is 11.8 Å². The Kier molecular flexibility index (Phi) is 6.82. The molecule has 0 aromatic heterocycles. The summed E-state index contributed by atoms with van der Waals surface area (Å²) in [5.41, 5.74) is 5.23. The molecule has 0 atom stereocenters. The largest absolute Gasteiger partial charge is 0.494 e. The first-order valence-electron chi connectivity index (χ1n) is 11.7. The fourth-order valence-corrected chi connectivity index (χ4v) is 4.38. The Morgan fingerprint density at radius 2 is 1.56 bits per heavy atom. The van der Waals surface area contributed by atoms with Crippen LogP contribution in [0.25, 0.3) is 5.57 Å². The van der Waals surface area contributed by atoms with Crippen molar-refractivity contribution < 1.29 is 14.3 Å². The van der Waals surface area contributed by atoms with E-state index in [0.29, 0.717) is 42.2 Å². The first-order valence-corrected chi connectivity index (χ1v) is 11.7. The summed E-state index contributed by atoms with van der Waals surface area (Å²) in [5, 5.41) is 0. The lowest BCUT2D eigenvalue weighted by Gasteiger charge is -2.25. The summed E-state index contributed by atoms with van der Waals surface area (Å²) in [6.07, 6.45) is 0. The molecule has 0 unspecified atom stereocenters. The molecule has 0 spiro atoms. The van der Waals surface area contributed by atoms with Crippen LogP contribution in [0.5, 0.6) is 5.75 Å². The van der Waals surface area contributed by atoms with Crippen LogP contribution >= 0.6 is 0 Å². The molecule has 0 saturated carbocycles. The number of benzene rings is 3. The number of amides is 2. The highest BCUT2D eigenvalue weighted by molar-refractivity contribution is 6.45. The number of carbonyl (C=O) groups excluding carboxylic acids is 2. The molecule has 0 aliphatic carbocycles. The first-order chi connectivity index (χ1) is 16.4. The lowest BCUT2D eigenvalue weighted by molar-refractivity contribution is -0.120. The van der Waals surface area contributed by atoms with Crippen molar-refractivity contribution in [2.24, 2.45) is 0 Å². The third-order valence-electron chi connectivity index (χ3n) is 6.02. The van der Waals surface area contributed by atoms with Gasteiger partial charge in [-0.15, -0.1) is 0 Å². The van der Waals surface area contributed by atoms with E-state index in [4.69, 9.17) is 4.74 Å². The van der Waals surface area contributed by atoms with E-state index in [0.717, 1.165) is 22.4 Å². The summed E-state index contributed by atoms with van der Waals surface area (Å²) in [6, 6.07) is 23.2. The Morgan fingerprint density at radius 1 is 0.853 bits per heavy atom. The second kappa shape index (κ2) is 9.96. The number of rotatable bonds is 8. The molecule has 0 bridgehead atoms. The van der Waals surface area contributed by atoms with Crippen LogP contribution in [0, 0.1) is 13.8 Å².